The first-order chi connectivity index (χ1) is 12.4. The molecule has 27 heavy (non-hydrogen) atoms. The van der Waals surface area contributed by atoms with E-state index in [9.17, 15) is 18.0 Å². The van der Waals surface area contributed by atoms with E-state index in [2.05, 4.69) is 15.6 Å². The zero-order valence-corrected chi connectivity index (χ0v) is 15.6. The molecular formula is C17H21ClF3N5O. The standard InChI is InChI=1S/C17H20F3N5O.ClH/c1-2-9-24(12-7-8-21-10-12)16(26)14-11-25(23-22-14)15-6-4-3-5-13(15)17(18,19)20;/h3-6,11-12,21H,2,7-10H2,1H3;1H. The molecule has 2 aromatic rings. The minimum absolute atomic E-state index is 0. The first kappa shape index (κ1) is 21.2. The maximum atomic E-state index is 13.2. The molecule has 10 heteroatoms. The van der Waals surface area contributed by atoms with Crippen LogP contribution in [0.25, 0.3) is 5.69 Å². The summed E-state index contributed by atoms with van der Waals surface area (Å²) in [6.45, 7) is 4.08. The number of amides is 1. The number of benzene rings is 1. The smallest absolute Gasteiger partial charge is 0.333 e. The van der Waals surface area contributed by atoms with Gasteiger partial charge in [-0.15, -0.1) is 17.5 Å². The van der Waals surface area contributed by atoms with Crippen LogP contribution in [0.15, 0.2) is 30.5 Å². The summed E-state index contributed by atoms with van der Waals surface area (Å²) in [5.74, 6) is -0.309. The molecule has 1 aromatic carbocycles. The van der Waals surface area contributed by atoms with E-state index in [0.29, 0.717) is 13.1 Å². The maximum absolute atomic E-state index is 13.2. The van der Waals surface area contributed by atoms with E-state index in [1.165, 1.54) is 24.4 Å². The van der Waals surface area contributed by atoms with Crippen LogP contribution in [0.4, 0.5) is 13.2 Å². The normalized spacial score (nSPS) is 16.8. The van der Waals surface area contributed by atoms with Crippen molar-refractivity contribution in [3.05, 3.63) is 41.7 Å². The number of hydrogen-bond donors (Lipinski definition) is 1. The minimum Gasteiger partial charge on any atom is -0.333 e. The van der Waals surface area contributed by atoms with Crippen molar-refractivity contribution < 1.29 is 18.0 Å². The largest absolute Gasteiger partial charge is 0.418 e. The number of carbonyl (C=O) groups excluding carboxylic acids is 1. The third-order valence-electron chi connectivity index (χ3n) is 4.37. The number of para-hydroxylation sites is 1. The third-order valence-corrected chi connectivity index (χ3v) is 4.37. The molecule has 1 amide bonds. The lowest BCUT2D eigenvalue weighted by Crippen LogP contribution is -2.42. The third kappa shape index (κ3) is 4.59. The van der Waals surface area contributed by atoms with Gasteiger partial charge >= 0.3 is 6.18 Å². The zero-order valence-electron chi connectivity index (χ0n) is 14.7. The van der Waals surface area contributed by atoms with Gasteiger partial charge in [0.2, 0.25) is 0 Å². The number of halogens is 4. The lowest BCUT2D eigenvalue weighted by molar-refractivity contribution is -0.137. The molecule has 0 radical (unpaired) electrons. The van der Waals surface area contributed by atoms with Crippen molar-refractivity contribution in [3.63, 3.8) is 0 Å². The molecule has 0 aliphatic carbocycles. The van der Waals surface area contributed by atoms with E-state index in [1.54, 1.807) is 4.90 Å². The first-order valence-electron chi connectivity index (χ1n) is 8.52. The van der Waals surface area contributed by atoms with Gasteiger partial charge < -0.3 is 10.2 Å². The molecule has 0 bridgehead atoms. The fourth-order valence-corrected chi connectivity index (χ4v) is 3.14. The summed E-state index contributed by atoms with van der Waals surface area (Å²) >= 11 is 0. The molecule has 0 spiro atoms. The second-order valence-electron chi connectivity index (χ2n) is 6.21. The Labute approximate surface area is 161 Å². The number of hydrogen-bond acceptors (Lipinski definition) is 4. The van der Waals surface area contributed by atoms with Gasteiger partial charge in [-0.25, -0.2) is 4.68 Å². The second kappa shape index (κ2) is 8.71. The Balaban J connectivity index is 0.00000261. The first-order valence-corrected chi connectivity index (χ1v) is 8.52. The van der Waals surface area contributed by atoms with E-state index in [1.807, 2.05) is 6.92 Å². The number of carbonyl (C=O) groups is 1. The highest BCUT2D eigenvalue weighted by Crippen LogP contribution is 2.33. The van der Waals surface area contributed by atoms with Gasteiger partial charge in [-0.2, -0.15) is 13.2 Å². The Morgan fingerprint density at radius 2 is 2.11 bits per heavy atom. The second-order valence-corrected chi connectivity index (χ2v) is 6.21. The summed E-state index contributed by atoms with van der Waals surface area (Å²) < 4.78 is 40.6. The van der Waals surface area contributed by atoms with Crippen LogP contribution in [-0.2, 0) is 6.18 Å². The molecule has 6 nitrogen and oxygen atoms in total. The molecule has 1 unspecified atom stereocenters. The van der Waals surface area contributed by atoms with Gasteiger partial charge in [0.1, 0.15) is 0 Å². The number of rotatable bonds is 5. The predicted molar refractivity (Wildman–Crippen MR) is 96.2 cm³/mol. The molecule has 1 aliphatic rings. The quantitative estimate of drug-likeness (QED) is 0.833. The van der Waals surface area contributed by atoms with E-state index in [0.717, 1.165) is 30.1 Å². The Hall–Kier alpha value is -2.13. The highest BCUT2D eigenvalue weighted by atomic mass is 35.5. The van der Waals surface area contributed by atoms with Gasteiger partial charge in [0.15, 0.2) is 5.69 Å². The molecule has 3 rings (SSSR count). The molecule has 0 saturated carbocycles. The van der Waals surface area contributed by atoms with Crippen LogP contribution in [0.5, 0.6) is 0 Å². The van der Waals surface area contributed by atoms with Gasteiger partial charge in [0.05, 0.1) is 17.4 Å². The van der Waals surface area contributed by atoms with E-state index in [-0.39, 0.29) is 35.7 Å². The predicted octanol–water partition coefficient (Wildman–Crippen LogP) is 2.92. The number of aromatic nitrogens is 3. The van der Waals surface area contributed by atoms with Crippen molar-refractivity contribution in [1.82, 2.24) is 25.2 Å². The number of nitrogens with one attached hydrogen (secondary N) is 1. The van der Waals surface area contributed by atoms with Crippen molar-refractivity contribution in [2.45, 2.75) is 32.0 Å². The summed E-state index contributed by atoms with van der Waals surface area (Å²) in [6.07, 6.45) is -1.63. The SMILES string of the molecule is CCCN(C(=O)c1cn(-c2ccccc2C(F)(F)F)nn1)C1CCNC1.Cl. The van der Waals surface area contributed by atoms with Crippen molar-refractivity contribution in [3.8, 4) is 5.69 Å². The summed E-state index contributed by atoms with van der Waals surface area (Å²) in [7, 11) is 0. The highest BCUT2D eigenvalue weighted by molar-refractivity contribution is 5.92. The molecule has 2 heterocycles. The van der Waals surface area contributed by atoms with Crippen molar-refractivity contribution in [1.29, 1.82) is 0 Å². The molecular weight excluding hydrogens is 383 g/mol. The van der Waals surface area contributed by atoms with E-state index in [4.69, 9.17) is 0 Å². The van der Waals surface area contributed by atoms with Crippen LogP contribution in [0.3, 0.4) is 0 Å². The summed E-state index contributed by atoms with van der Waals surface area (Å²) in [5.41, 5.74) is -0.937. The minimum atomic E-state index is -4.52. The highest BCUT2D eigenvalue weighted by Gasteiger charge is 2.34. The van der Waals surface area contributed by atoms with Crippen LogP contribution < -0.4 is 5.32 Å². The average Bonchev–Trinajstić information content (AvgIpc) is 3.30. The summed E-state index contributed by atoms with van der Waals surface area (Å²) in [6, 6.07) is 5.14. The molecule has 1 aromatic heterocycles. The van der Waals surface area contributed by atoms with Crippen molar-refractivity contribution >= 4 is 18.3 Å². The molecule has 1 N–H and O–H groups in total. The molecule has 148 valence electrons. The van der Waals surface area contributed by atoms with E-state index < -0.39 is 11.7 Å². The molecule has 1 fully saturated rings. The van der Waals surface area contributed by atoms with Crippen LogP contribution >= 0.6 is 12.4 Å². The number of alkyl halides is 3. The molecule has 1 saturated heterocycles. The van der Waals surface area contributed by atoms with Gasteiger partial charge in [0, 0.05) is 19.1 Å². The van der Waals surface area contributed by atoms with Crippen LogP contribution in [0, 0.1) is 0 Å². The number of nitrogens with zero attached hydrogens (tertiary/aromatic N) is 4. The molecule has 1 atom stereocenters. The maximum Gasteiger partial charge on any atom is 0.418 e. The fraction of sp³-hybridized carbons (Fsp3) is 0.471. The summed E-state index contributed by atoms with van der Waals surface area (Å²) in [4.78, 5) is 14.5. The Kier molecular flexibility index (Phi) is 6.83. The zero-order chi connectivity index (χ0) is 18.7. The van der Waals surface area contributed by atoms with E-state index >= 15 is 0 Å². The van der Waals surface area contributed by atoms with Crippen LogP contribution in [0.1, 0.15) is 35.8 Å². The van der Waals surface area contributed by atoms with Crippen LogP contribution in [0.2, 0.25) is 0 Å². The fourth-order valence-electron chi connectivity index (χ4n) is 3.14. The monoisotopic (exact) mass is 403 g/mol. The lowest BCUT2D eigenvalue weighted by Gasteiger charge is -2.27. The lowest BCUT2D eigenvalue weighted by atomic mass is 10.1. The van der Waals surface area contributed by atoms with Crippen molar-refractivity contribution in [2.75, 3.05) is 19.6 Å². The summed E-state index contributed by atoms with van der Waals surface area (Å²) in [5, 5.41) is 10.8. The van der Waals surface area contributed by atoms with Crippen molar-refractivity contribution in [2.24, 2.45) is 0 Å². The van der Waals surface area contributed by atoms with Gasteiger partial charge in [0.25, 0.3) is 5.91 Å². The topological polar surface area (TPSA) is 63.1 Å². The van der Waals surface area contributed by atoms with Gasteiger partial charge in [-0.05, 0) is 31.5 Å². The Morgan fingerprint density at radius 1 is 1.37 bits per heavy atom. The van der Waals surface area contributed by atoms with Crippen LogP contribution in [-0.4, -0.2) is 51.5 Å². The molecule has 1 aliphatic heterocycles. The Morgan fingerprint density at radius 3 is 2.74 bits per heavy atom. The average molecular weight is 404 g/mol. The van der Waals surface area contributed by atoms with Gasteiger partial charge in [-0.3, -0.25) is 4.79 Å². The Bertz CT molecular complexity index is 774. The van der Waals surface area contributed by atoms with Gasteiger partial charge in [-0.1, -0.05) is 24.3 Å².